The Morgan fingerprint density at radius 1 is 0.972 bits per heavy atom. The third-order valence-corrected chi connectivity index (χ3v) is 7.06. The molecule has 4 aromatic rings. The molecule has 0 saturated carbocycles. The molecule has 1 aromatic heterocycles. The SMILES string of the molecule is CCCCc1ccc(N2CC(c3nc4ccccc4n3CCCOc3ccc(C)cc3)CC2=O)cc1. The van der Waals surface area contributed by atoms with E-state index in [1.165, 1.54) is 24.0 Å². The van der Waals surface area contributed by atoms with Gasteiger partial charge in [-0.05, 0) is 68.1 Å². The molecule has 36 heavy (non-hydrogen) atoms. The number of para-hydroxylation sites is 2. The molecule has 186 valence electrons. The molecule has 5 nitrogen and oxygen atoms in total. The second-order valence-corrected chi connectivity index (χ2v) is 9.80. The molecule has 1 aliphatic heterocycles. The number of imidazole rings is 1. The smallest absolute Gasteiger partial charge is 0.227 e. The van der Waals surface area contributed by atoms with Crippen LogP contribution in [0, 0.1) is 6.92 Å². The summed E-state index contributed by atoms with van der Waals surface area (Å²) in [5, 5.41) is 0. The summed E-state index contributed by atoms with van der Waals surface area (Å²) in [5.74, 6) is 2.14. The van der Waals surface area contributed by atoms with Gasteiger partial charge in [-0.3, -0.25) is 4.79 Å². The van der Waals surface area contributed by atoms with Crippen molar-refractivity contribution < 1.29 is 9.53 Å². The van der Waals surface area contributed by atoms with Crippen LogP contribution in [0.25, 0.3) is 11.0 Å². The van der Waals surface area contributed by atoms with Gasteiger partial charge in [0.2, 0.25) is 5.91 Å². The first kappa shape index (κ1) is 24.1. The standard InChI is InChI=1S/C31H35N3O2/c1-3-4-8-24-13-15-26(16-14-24)34-22-25(21-30(34)35)31-32-28-9-5-6-10-29(28)33(31)19-7-20-36-27-17-11-23(2)12-18-27/h5-6,9-18,25H,3-4,7-8,19-22H2,1-2H3. The van der Waals surface area contributed by atoms with E-state index < -0.39 is 0 Å². The van der Waals surface area contributed by atoms with Gasteiger partial charge in [0.15, 0.2) is 0 Å². The van der Waals surface area contributed by atoms with Gasteiger partial charge in [0.1, 0.15) is 11.6 Å². The first-order valence-corrected chi connectivity index (χ1v) is 13.2. The lowest BCUT2D eigenvalue weighted by molar-refractivity contribution is -0.117. The summed E-state index contributed by atoms with van der Waals surface area (Å²) in [6, 6.07) is 24.9. The van der Waals surface area contributed by atoms with E-state index in [0.29, 0.717) is 19.6 Å². The number of unbranched alkanes of at least 4 members (excludes halogenated alkanes) is 1. The Morgan fingerprint density at radius 3 is 2.53 bits per heavy atom. The van der Waals surface area contributed by atoms with Crippen molar-refractivity contribution in [1.29, 1.82) is 0 Å². The van der Waals surface area contributed by atoms with Crippen LogP contribution in [0.3, 0.4) is 0 Å². The number of carbonyl (C=O) groups is 1. The summed E-state index contributed by atoms with van der Waals surface area (Å²) in [6.07, 6.45) is 4.82. The first-order chi connectivity index (χ1) is 17.6. The first-order valence-electron chi connectivity index (χ1n) is 13.2. The minimum Gasteiger partial charge on any atom is -0.494 e. The quantitative estimate of drug-likeness (QED) is 0.238. The van der Waals surface area contributed by atoms with Crippen molar-refractivity contribution in [2.24, 2.45) is 0 Å². The van der Waals surface area contributed by atoms with E-state index in [4.69, 9.17) is 9.72 Å². The van der Waals surface area contributed by atoms with Crippen LogP contribution in [0.4, 0.5) is 5.69 Å². The molecule has 0 spiro atoms. The molecule has 1 saturated heterocycles. The summed E-state index contributed by atoms with van der Waals surface area (Å²) in [6.45, 7) is 6.39. The molecule has 2 heterocycles. The van der Waals surface area contributed by atoms with Crippen molar-refractivity contribution in [3.05, 3.63) is 89.7 Å². The monoisotopic (exact) mass is 481 g/mol. The second kappa shape index (κ2) is 11.0. The Kier molecular flexibility index (Phi) is 7.36. The molecule has 1 atom stereocenters. The van der Waals surface area contributed by atoms with Crippen molar-refractivity contribution in [3.63, 3.8) is 0 Å². The fourth-order valence-electron chi connectivity index (χ4n) is 5.04. The van der Waals surface area contributed by atoms with Crippen LogP contribution in [0.1, 0.15) is 55.5 Å². The molecule has 0 bridgehead atoms. The lowest BCUT2D eigenvalue weighted by atomic mass is 10.1. The predicted molar refractivity (Wildman–Crippen MR) is 146 cm³/mol. The van der Waals surface area contributed by atoms with Crippen molar-refractivity contribution in [2.45, 2.75) is 58.4 Å². The summed E-state index contributed by atoms with van der Waals surface area (Å²) in [5.41, 5.74) is 5.65. The highest BCUT2D eigenvalue weighted by Gasteiger charge is 2.34. The number of aromatic nitrogens is 2. The highest BCUT2D eigenvalue weighted by Crippen LogP contribution is 2.33. The molecule has 0 radical (unpaired) electrons. The number of aryl methyl sites for hydroxylation is 3. The highest BCUT2D eigenvalue weighted by atomic mass is 16.5. The maximum absolute atomic E-state index is 13.1. The van der Waals surface area contributed by atoms with E-state index in [1.807, 2.05) is 23.1 Å². The van der Waals surface area contributed by atoms with E-state index in [1.54, 1.807) is 0 Å². The van der Waals surface area contributed by atoms with Gasteiger partial charge in [0.25, 0.3) is 0 Å². The number of rotatable bonds is 10. The molecule has 0 N–H and O–H groups in total. The molecule has 1 fully saturated rings. The van der Waals surface area contributed by atoms with Gasteiger partial charge < -0.3 is 14.2 Å². The zero-order valence-electron chi connectivity index (χ0n) is 21.3. The van der Waals surface area contributed by atoms with Gasteiger partial charge in [-0.25, -0.2) is 4.98 Å². The lowest BCUT2D eigenvalue weighted by Gasteiger charge is -2.18. The Bertz CT molecular complexity index is 1310. The van der Waals surface area contributed by atoms with Crippen LogP contribution in [-0.4, -0.2) is 28.6 Å². The van der Waals surface area contributed by atoms with Gasteiger partial charge in [-0.1, -0.05) is 55.3 Å². The normalized spacial score (nSPS) is 15.7. The van der Waals surface area contributed by atoms with Crippen molar-refractivity contribution in [2.75, 3.05) is 18.1 Å². The summed E-state index contributed by atoms with van der Waals surface area (Å²) < 4.78 is 8.26. The summed E-state index contributed by atoms with van der Waals surface area (Å²) >= 11 is 0. The van der Waals surface area contributed by atoms with Crippen molar-refractivity contribution in [1.82, 2.24) is 9.55 Å². The molecule has 3 aromatic carbocycles. The predicted octanol–water partition coefficient (Wildman–Crippen LogP) is 6.68. The Labute approximate surface area is 213 Å². The molecule has 0 aliphatic carbocycles. The maximum atomic E-state index is 13.1. The van der Waals surface area contributed by atoms with Crippen molar-refractivity contribution in [3.8, 4) is 5.75 Å². The minimum atomic E-state index is 0.0719. The largest absolute Gasteiger partial charge is 0.494 e. The van der Waals surface area contributed by atoms with E-state index in [-0.39, 0.29) is 11.8 Å². The van der Waals surface area contributed by atoms with Gasteiger partial charge in [0.05, 0.1) is 17.6 Å². The van der Waals surface area contributed by atoms with E-state index in [2.05, 4.69) is 73.0 Å². The zero-order chi connectivity index (χ0) is 24.9. The fourth-order valence-corrected chi connectivity index (χ4v) is 5.04. The van der Waals surface area contributed by atoms with Crippen LogP contribution in [0.15, 0.2) is 72.8 Å². The number of anilines is 1. The number of fused-ring (bicyclic) bond motifs is 1. The van der Waals surface area contributed by atoms with Crippen LogP contribution in [0.5, 0.6) is 5.75 Å². The minimum absolute atomic E-state index is 0.0719. The third kappa shape index (κ3) is 5.30. The Hall–Kier alpha value is -3.60. The van der Waals surface area contributed by atoms with E-state index in [0.717, 1.165) is 47.7 Å². The van der Waals surface area contributed by atoms with Gasteiger partial charge >= 0.3 is 0 Å². The molecular formula is C31H35N3O2. The van der Waals surface area contributed by atoms with Crippen LogP contribution < -0.4 is 9.64 Å². The third-order valence-electron chi connectivity index (χ3n) is 7.06. The summed E-state index contributed by atoms with van der Waals surface area (Å²) in [4.78, 5) is 20.0. The lowest BCUT2D eigenvalue weighted by Crippen LogP contribution is -2.24. The molecular weight excluding hydrogens is 446 g/mol. The second-order valence-electron chi connectivity index (χ2n) is 9.80. The molecule has 1 unspecified atom stereocenters. The van der Waals surface area contributed by atoms with Gasteiger partial charge in [0, 0.05) is 31.1 Å². The van der Waals surface area contributed by atoms with Crippen LogP contribution in [-0.2, 0) is 17.8 Å². The molecule has 1 aliphatic rings. The number of hydrogen-bond donors (Lipinski definition) is 0. The average molecular weight is 482 g/mol. The fraction of sp³-hybridized carbons (Fsp3) is 0.355. The number of amides is 1. The van der Waals surface area contributed by atoms with Crippen LogP contribution in [0.2, 0.25) is 0 Å². The number of benzene rings is 3. The van der Waals surface area contributed by atoms with Gasteiger partial charge in [-0.15, -0.1) is 0 Å². The Morgan fingerprint density at radius 2 is 1.75 bits per heavy atom. The topological polar surface area (TPSA) is 47.4 Å². The highest BCUT2D eigenvalue weighted by molar-refractivity contribution is 5.96. The maximum Gasteiger partial charge on any atom is 0.227 e. The van der Waals surface area contributed by atoms with Gasteiger partial charge in [-0.2, -0.15) is 0 Å². The average Bonchev–Trinajstić information content (AvgIpc) is 3.47. The van der Waals surface area contributed by atoms with E-state index >= 15 is 0 Å². The van der Waals surface area contributed by atoms with Crippen LogP contribution >= 0.6 is 0 Å². The number of ether oxygens (including phenoxy) is 1. The molecule has 1 amide bonds. The molecule has 5 heteroatoms. The van der Waals surface area contributed by atoms with Crippen molar-refractivity contribution >= 4 is 22.6 Å². The number of nitrogens with zero attached hydrogens (tertiary/aromatic N) is 3. The summed E-state index contributed by atoms with van der Waals surface area (Å²) in [7, 11) is 0. The number of carbonyl (C=O) groups excluding carboxylic acids is 1. The Balaban J connectivity index is 1.30. The van der Waals surface area contributed by atoms with E-state index in [9.17, 15) is 4.79 Å². The number of hydrogen-bond acceptors (Lipinski definition) is 3. The molecule has 5 rings (SSSR count). The zero-order valence-corrected chi connectivity index (χ0v) is 21.3.